The minimum atomic E-state index is 0.357. The van der Waals surface area contributed by atoms with E-state index in [1.54, 1.807) is 12.5 Å². The topological polar surface area (TPSA) is 34.4 Å². The van der Waals surface area contributed by atoms with Gasteiger partial charge in [-0.25, -0.2) is 0 Å². The van der Waals surface area contributed by atoms with E-state index in [0.717, 1.165) is 26.1 Å². The van der Waals surface area contributed by atoms with Crippen LogP contribution in [0, 0.1) is 5.92 Å². The molecule has 1 N–H and O–H groups in total. The maximum absolute atomic E-state index is 5.69. The Balaban J connectivity index is 1.95. The van der Waals surface area contributed by atoms with Gasteiger partial charge >= 0.3 is 0 Å². The molecule has 0 saturated heterocycles. The van der Waals surface area contributed by atoms with E-state index >= 15 is 0 Å². The van der Waals surface area contributed by atoms with Crippen LogP contribution in [0.1, 0.15) is 32.8 Å². The zero-order valence-electron chi connectivity index (χ0n) is 10.5. The van der Waals surface area contributed by atoms with Crippen molar-refractivity contribution in [2.45, 2.75) is 39.8 Å². The van der Waals surface area contributed by atoms with Gasteiger partial charge < -0.3 is 14.5 Å². The van der Waals surface area contributed by atoms with Crippen molar-refractivity contribution in [3.05, 3.63) is 24.2 Å². The monoisotopic (exact) mass is 225 g/mol. The van der Waals surface area contributed by atoms with Crippen LogP contribution in [0.15, 0.2) is 23.0 Å². The summed E-state index contributed by atoms with van der Waals surface area (Å²) in [7, 11) is 0. The van der Waals surface area contributed by atoms with Crippen LogP contribution in [0.25, 0.3) is 0 Å². The van der Waals surface area contributed by atoms with Gasteiger partial charge in [-0.05, 0) is 25.3 Å². The predicted octanol–water partition coefficient (Wildman–Crippen LogP) is 2.82. The van der Waals surface area contributed by atoms with Crippen molar-refractivity contribution in [1.29, 1.82) is 0 Å². The molecule has 1 atom stereocenters. The maximum atomic E-state index is 5.69. The molecule has 16 heavy (non-hydrogen) atoms. The first-order chi connectivity index (χ1) is 7.68. The zero-order chi connectivity index (χ0) is 11.8. The molecule has 1 heterocycles. The molecule has 92 valence electrons. The molecule has 3 heteroatoms. The minimum absolute atomic E-state index is 0.357. The standard InChI is InChI=1S/C13H23NO2/c1-11(2)8-12(3)16-7-5-14-9-13-4-6-15-10-13/h4,6,10-12,14H,5,7-9H2,1-3H3. The number of hydrogen-bond acceptors (Lipinski definition) is 3. The summed E-state index contributed by atoms with van der Waals surface area (Å²) in [6.07, 6.45) is 4.94. The fourth-order valence-electron chi connectivity index (χ4n) is 1.69. The third kappa shape index (κ3) is 5.93. The molecule has 0 bridgehead atoms. The first-order valence-electron chi connectivity index (χ1n) is 6.02. The van der Waals surface area contributed by atoms with Gasteiger partial charge in [0.1, 0.15) is 0 Å². The molecule has 1 aromatic rings. The lowest BCUT2D eigenvalue weighted by atomic mass is 10.1. The average Bonchev–Trinajstić information content (AvgIpc) is 2.68. The van der Waals surface area contributed by atoms with Crippen LogP contribution in [-0.2, 0) is 11.3 Å². The van der Waals surface area contributed by atoms with Crippen LogP contribution < -0.4 is 5.32 Å². The summed E-state index contributed by atoms with van der Waals surface area (Å²) in [6, 6.07) is 1.97. The average molecular weight is 225 g/mol. The van der Waals surface area contributed by atoms with Crippen molar-refractivity contribution in [2.24, 2.45) is 5.92 Å². The van der Waals surface area contributed by atoms with Crippen molar-refractivity contribution in [3.63, 3.8) is 0 Å². The van der Waals surface area contributed by atoms with E-state index < -0.39 is 0 Å². The molecule has 0 aliphatic rings. The lowest BCUT2D eigenvalue weighted by Crippen LogP contribution is -2.22. The van der Waals surface area contributed by atoms with Gasteiger partial charge in [-0.3, -0.25) is 0 Å². The molecular weight excluding hydrogens is 202 g/mol. The Kier molecular flexibility index (Phi) is 6.19. The number of rotatable bonds is 8. The second-order valence-corrected chi connectivity index (χ2v) is 4.62. The highest BCUT2D eigenvalue weighted by molar-refractivity contribution is 5.04. The summed E-state index contributed by atoms with van der Waals surface area (Å²) in [6.45, 7) is 9.07. The van der Waals surface area contributed by atoms with Crippen molar-refractivity contribution in [3.8, 4) is 0 Å². The molecule has 1 unspecified atom stereocenters. The quantitative estimate of drug-likeness (QED) is 0.691. The van der Waals surface area contributed by atoms with E-state index in [2.05, 4.69) is 26.1 Å². The Morgan fingerprint density at radius 2 is 2.19 bits per heavy atom. The van der Waals surface area contributed by atoms with Gasteiger partial charge in [-0.15, -0.1) is 0 Å². The first-order valence-corrected chi connectivity index (χ1v) is 6.02. The van der Waals surface area contributed by atoms with Gasteiger partial charge in [0.05, 0.1) is 25.2 Å². The molecule has 0 aliphatic carbocycles. The summed E-state index contributed by atoms with van der Waals surface area (Å²) in [5, 5.41) is 3.31. The first kappa shape index (κ1) is 13.3. The zero-order valence-corrected chi connectivity index (χ0v) is 10.5. The Bertz CT molecular complexity index is 257. The van der Waals surface area contributed by atoms with Crippen LogP contribution in [-0.4, -0.2) is 19.3 Å². The summed E-state index contributed by atoms with van der Waals surface area (Å²) in [5.41, 5.74) is 1.18. The van der Waals surface area contributed by atoms with Gasteiger partial charge in [0.15, 0.2) is 0 Å². The fraction of sp³-hybridized carbons (Fsp3) is 0.692. The van der Waals surface area contributed by atoms with Crippen molar-refractivity contribution >= 4 is 0 Å². The summed E-state index contributed by atoms with van der Waals surface area (Å²) in [5.74, 6) is 0.703. The molecular formula is C13H23NO2. The Hall–Kier alpha value is -0.800. The SMILES string of the molecule is CC(C)CC(C)OCCNCc1ccoc1. The lowest BCUT2D eigenvalue weighted by molar-refractivity contribution is 0.0538. The maximum Gasteiger partial charge on any atom is 0.0947 e. The Morgan fingerprint density at radius 1 is 1.38 bits per heavy atom. The van der Waals surface area contributed by atoms with Gasteiger partial charge in [0.25, 0.3) is 0 Å². The molecule has 0 fully saturated rings. The fourth-order valence-corrected chi connectivity index (χ4v) is 1.69. The van der Waals surface area contributed by atoms with E-state index in [0.29, 0.717) is 12.0 Å². The van der Waals surface area contributed by atoms with Crippen LogP contribution in [0.3, 0.4) is 0 Å². The van der Waals surface area contributed by atoms with E-state index in [9.17, 15) is 0 Å². The van der Waals surface area contributed by atoms with Crippen LogP contribution in [0.2, 0.25) is 0 Å². The number of ether oxygens (including phenoxy) is 1. The minimum Gasteiger partial charge on any atom is -0.472 e. The second kappa shape index (κ2) is 7.47. The third-order valence-electron chi connectivity index (χ3n) is 2.39. The van der Waals surface area contributed by atoms with Crippen molar-refractivity contribution in [2.75, 3.05) is 13.2 Å². The third-order valence-corrected chi connectivity index (χ3v) is 2.39. The second-order valence-electron chi connectivity index (χ2n) is 4.62. The molecule has 1 rings (SSSR count). The van der Waals surface area contributed by atoms with Crippen LogP contribution in [0.4, 0.5) is 0 Å². The molecule has 3 nitrogen and oxygen atoms in total. The molecule has 0 saturated carbocycles. The lowest BCUT2D eigenvalue weighted by Gasteiger charge is -2.15. The number of nitrogens with one attached hydrogen (secondary N) is 1. The largest absolute Gasteiger partial charge is 0.472 e. The molecule has 0 aromatic carbocycles. The van der Waals surface area contributed by atoms with Gasteiger partial charge in [0, 0.05) is 18.7 Å². The highest BCUT2D eigenvalue weighted by atomic mass is 16.5. The summed E-state index contributed by atoms with van der Waals surface area (Å²) in [4.78, 5) is 0. The molecule has 1 aromatic heterocycles. The highest BCUT2D eigenvalue weighted by Crippen LogP contribution is 2.06. The Morgan fingerprint density at radius 3 is 2.81 bits per heavy atom. The highest BCUT2D eigenvalue weighted by Gasteiger charge is 2.04. The van der Waals surface area contributed by atoms with E-state index in [1.807, 2.05) is 6.07 Å². The van der Waals surface area contributed by atoms with Gasteiger partial charge in [0.2, 0.25) is 0 Å². The predicted molar refractivity (Wildman–Crippen MR) is 65.3 cm³/mol. The normalized spacial score (nSPS) is 13.2. The summed E-state index contributed by atoms with van der Waals surface area (Å²) < 4.78 is 10.7. The van der Waals surface area contributed by atoms with Crippen molar-refractivity contribution < 1.29 is 9.15 Å². The smallest absolute Gasteiger partial charge is 0.0947 e. The number of furan rings is 1. The van der Waals surface area contributed by atoms with Crippen LogP contribution in [0.5, 0.6) is 0 Å². The molecule has 0 amide bonds. The van der Waals surface area contributed by atoms with E-state index in [1.165, 1.54) is 5.56 Å². The molecule has 0 aliphatic heterocycles. The number of hydrogen-bond donors (Lipinski definition) is 1. The van der Waals surface area contributed by atoms with Crippen molar-refractivity contribution in [1.82, 2.24) is 5.32 Å². The molecule has 0 spiro atoms. The van der Waals surface area contributed by atoms with E-state index in [-0.39, 0.29) is 0 Å². The van der Waals surface area contributed by atoms with Gasteiger partial charge in [-0.1, -0.05) is 13.8 Å². The Labute approximate surface area is 98.2 Å². The molecule has 0 radical (unpaired) electrons. The van der Waals surface area contributed by atoms with Gasteiger partial charge in [-0.2, -0.15) is 0 Å². The van der Waals surface area contributed by atoms with Crippen LogP contribution >= 0.6 is 0 Å². The summed E-state index contributed by atoms with van der Waals surface area (Å²) >= 11 is 0. The van der Waals surface area contributed by atoms with E-state index in [4.69, 9.17) is 9.15 Å².